The topological polar surface area (TPSA) is 27.7 Å². The van der Waals surface area contributed by atoms with Gasteiger partial charge in [-0.15, -0.1) is 6.42 Å². The Labute approximate surface area is 99.1 Å². The van der Waals surface area contributed by atoms with Crippen molar-refractivity contribution < 1.29 is 14.2 Å². The third-order valence-electron chi connectivity index (χ3n) is 1.99. The molecule has 0 fully saturated rings. The molecular weight excluding hydrogens is 220 g/mol. The summed E-state index contributed by atoms with van der Waals surface area (Å²) in [5, 5.41) is 0. The van der Waals surface area contributed by atoms with Crippen LogP contribution in [0.25, 0.3) is 0 Å². The maximum atomic E-state index is 5.44. The number of terminal acetylenes is 1. The van der Waals surface area contributed by atoms with E-state index in [-0.39, 0.29) is 6.79 Å². The molecule has 4 heteroatoms. The van der Waals surface area contributed by atoms with E-state index in [1.165, 1.54) is 0 Å². The minimum atomic E-state index is 0.226. The van der Waals surface area contributed by atoms with Gasteiger partial charge in [-0.1, -0.05) is 5.92 Å². The van der Waals surface area contributed by atoms with E-state index in [4.69, 9.17) is 20.6 Å². The van der Waals surface area contributed by atoms with Crippen LogP contribution in [0.5, 0.6) is 11.5 Å². The Balaban J connectivity index is 2.65. The van der Waals surface area contributed by atoms with E-state index in [2.05, 4.69) is 5.92 Å². The van der Waals surface area contributed by atoms with Gasteiger partial charge < -0.3 is 14.2 Å². The number of benzene rings is 1. The summed E-state index contributed by atoms with van der Waals surface area (Å²) in [7, 11) is 2.75. The average molecular weight is 236 g/mol. The largest absolute Gasteiger partial charge is 0.497 e. The molecule has 0 N–H and O–H groups in total. The number of hydrogen-bond donors (Lipinski definition) is 0. The fourth-order valence-electron chi connectivity index (χ4n) is 1.18. The van der Waals surface area contributed by atoms with Crippen LogP contribution in [-0.2, 0) is 4.74 Å². The Morgan fingerprint density at radius 2 is 2.25 bits per heavy atom. The molecule has 0 spiro atoms. The molecule has 0 aromatic heterocycles. The van der Waals surface area contributed by atoms with E-state index >= 15 is 0 Å². The van der Waals surface area contributed by atoms with Gasteiger partial charge in [0.05, 0.1) is 12.7 Å². The van der Waals surface area contributed by atoms with E-state index in [9.17, 15) is 0 Å². The first-order valence-corrected chi connectivity index (χ1v) is 6.58. The van der Waals surface area contributed by atoms with Gasteiger partial charge >= 0.3 is 0 Å². The first-order valence-electron chi connectivity index (χ1n) is 5.17. The van der Waals surface area contributed by atoms with Crippen LogP contribution in [0, 0.1) is 12.3 Å². The van der Waals surface area contributed by atoms with Crippen LogP contribution in [0.3, 0.4) is 0 Å². The third-order valence-corrected chi connectivity index (χ3v) is 2.40. The fraction of sp³-hybridized carbons (Fsp3) is 0.333. The fourth-order valence-corrected chi connectivity index (χ4v) is 1.47. The van der Waals surface area contributed by atoms with Crippen LogP contribution in [0.4, 0.5) is 0 Å². The first kappa shape index (κ1) is 12.6. The Bertz CT molecular complexity index is 371. The lowest BCUT2D eigenvalue weighted by Gasteiger charge is -2.10. The standard InChI is InChI=1S/C12H16O3Si/c1-3-10-4-5-11(13-2)8-12(10)15-9-14-6-7-16/h1,4-5,8H,6-7,9H2,2,16H3. The van der Waals surface area contributed by atoms with Crippen molar-refractivity contribution in [2.75, 3.05) is 20.5 Å². The second-order valence-electron chi connectivity index (χ2n) is 3.18. The van der Waals surface area contributed by atoms with Gasteiger partial charge in [-0.3, -0.25) is 0 Å². The van der Waals surface area contributed by atoms with Crippen LogP contribution in [0.15, 0.2) is 18.2 Å². The van der Waals surface area contributed by atoms with Gasteiger partial charge in [-0.05, 0) is 18.2 Å². The smallest absolute Gasteiger partial charge is 0.189 e. The van der Waals surface area contributed by atoms with Crippen LogP contribution < -0.4 is 9.47 Å². The summed E-state index contributed by atoms with van der Waals surface area (Å²) < 4.78 is 15.8. The predicted molar refractivity (Wildman–Crippen MR) is 67.1 cm³/mol. The quantitative estimate of drug-likeness (QED) is 0.317. The van der Waals surface area contributed by atoms with E-state index in [1.54, 1.807) is 25.3 Å². The van der Waals surface area contributed by atoms with E-state index in [0.29, 0.717) is 11.3 Å². The van der Waals surface area contributed by atoms with Gasteiger partial charge in [0.1, 0.15) is 11.5 Å². The van der Waals surface area contributed by atoms with Crippen molar-refractivity contribution in [3.63, 3.8) is 0 Å². The second kappa shape index (κ2) is 6.93. The van der Waals surface area contributed by atoms with Crippen LogP contribution in [-0.4, -0.2) is 30.8 Å². The zero-order valence-corrected chi connectivity index (χ0v) is 11.7. The van der Waals surface area contributed by atoms with E-state index < -0.39 is 0 Å². The zero-order valence-electron chi connectivity index (χ0n) is 9.66. The normalized spacial score (nSPS) is 9.75. The molecule has 0 saturated carbocycles. The number of hydrogen-bond acceptors (Lipinski definition) is 3. The highest BCUT2D eigenvalue weighted by molar-refractivity contribution is 6.08. The Morgan fingerprint density at radius 3 is 2.88 bits per heavy atom. The van der Waals surface area contributed by atoms with Gasteiger partial charge in [0, 0.05) is 22.9 Å². The van der Waals surface area contributed by atoms with Crippen molar-refractivity contribution in [3.05, 3.63) is 23.8 Å². The van der Waals surface area contributed by atoms with E-state index in [0.717, 1.165) is 28.6 Å². The molecule has 1 aromatic carbocycles. The van der Waals surface area contributed by atoms with E-state index in [1.807, 2.05) is 0 Å². The highest BCUT2D eigenvalue weighted by Crippen LogP contribution is 2.24. The molecule has 0 amide bonds. The Kier molecular flexibility index (Phi) is 5.47. The average Bonchev–Trinajstić information content (AvgIpc) is 2.34. The molecule has 0 unspecified atom stereocenters. The number of methoxy groups -OCH3 is 1. The molecule has 0 heterocycles. The molecule has 0 aliphatic rings. The molecular formula is C12H16O3Si. The summed E-state index contributed by atoms with van der Waals surface area (Å²) in [4.78, 5) is 0. The Hall–Kier alpha value is -1.44. The maximum absolute atomic E-state index is 5.44. The van der Waals surface area contributed by atoms with Gasteiger partial charge in [0.15, 0.2) is 6.79 Å². The lowest BCUT2D eigenvalue weighted by atomic mass is 10.2. The molecule has 86 valence electrons. The molecule has 0 aliphatic carbocycles. The maximum Gasteiger partial charge on any atom is 0.189 e. The molecule has 3 nitrogen and oxygen atoms in total. The summed E-state index contributed by atoms with van der Waals surface area (Å²) >= 11 is 0. The molecule has 1 aromatic rings. The van der Waals surface area contributed by atoms with Crippen LogP contribution in [0.2, 0.25) is 6.04 Å². The molecule has 0 atom stereocenters. The molecule has 16 heavy (non-hydrogen) atoms. The minimum Gasteiger partial charge on any atom is -0.497 e. The van der Waals surface area contributed by atoms with Gasteiger partial charge in [0.25, 0.3) is 0 Å². The highest BCUT2D eigenvalue weighted by Gasteiger charge is 2.03. The van der Waals surface area contributed by atoms with Crippen molar-refractivity contribution in [2.45, 2.75) is 6.04 Å². The zero-order chi connectivity index (χ0) is 11.8. The van der Waals surface area contributed by atoms with Gasteiger partial charge in [-0.25, -0.2) is 0 Å². The van der Waals surface area contributed by atoms with Gasteiger partial charge in [0.2, 0.25) is 0 Å². The molecule has 0 radical (unpaired) electrons. The predicted octanol–water partition coefficient (Wildman–Crippen LogP) is 0.813. The second-order valence-corrected chi connectivity index (χ2v) is 4.18. The molecule has 0 aliphatic heterocycles. The van der Waals surface area contributed by atoms with Crippen molar-refractivity contribution in [2.24, 2.45) is 0 Å². The van der Waals surface area contributed by atoms with Crippen molar-refractivity contribution in [1.82, 2.24) is 0 Å². The number of rotatable bonds is 6. The summed E-state index contributed by atoms with van der Waals surface area (Å²) in [5.41, 5.74) is 0.704. The van der Waals surface area contributed by atoms with Crippen LogP contribution in [0.1, 0.15) is 5.56 Å². The molecule has 0 bridgehead atoms. The summed E-state index contributed by atoms with van der Waals surface area (Å²) in [5.74, 6) is 3.90. The van der Waals surface area contributed by atoms with Gasteiger partial charge in [-0.2, -0.15) is 0 Å². The Morgan fingerprint density at radius 1 is 1.44 bits per heavy atom. The lowest BCUT2D eigenvalue weighted by molar-refractivity contribution is 0.0223. The van der Waals surface area contributed by atoms with Crippen molar-refractivity contribution in [3.8, 4) is 23.8 Å². The molecule has 0 saturated heterocycles. The summed E-state index contributed by atoms with van der Waals surface area (Å²) in [6.07, 6.45) is 5.37. The number of ether oxygens (including phenoxy) is 3. The SMILES string of the molecule is C#Cc1ccc(OC)cc1OCOCC[SiH3]. The summed E-state index contributed by atoms with van der Waals surface area (Å²) in [6, 6.07) is 6.46. The van der Waals surface area contributed by atoms with Crippen LogP contribution >= 0.6 is 0 Å². The monoisotopic (exact) mass is 236 g/mol. The van der Waals surface area contributed by atoms with Crippen molar-refractivity contribution >= 4 is 10.2 Å². The minimum absolute atomic E-state index is 0.226. The summed E-state index contributed by atoms with van der Waals surface area (Å²) in [6.45, 7) is 0.964. The van der Waals surface area contributed by atoms with Crippen molar-refractivity contribution in [1.29, 1.82) is 0 Å². The highest BCUT2D eigenvalue weighted by atomic mass is 28.1. The first-order chi connectivity index (χ1) is 7.81. The lowest BCUT2D eigenvalue weighted by Crippen LogP contribution is -2.04. The molecule has 1 rings (SSSR count). The third kappa shape index (κ3) is 3.61.